The Morgan fingerprint density at radius 2 is 1.76 bits per heavy atom. The van der Waals surface area contributed by atoms with Crippen LogP contribution in [0.25, 0.3) is 0 Å². The molecule has 0 spiro atoms. The van der Waals surface area contributed by atoms with Crippen LogP contribution >= 0.6 is 0 Å². The van der Waals surface area contributed by atoms with Crippen molar-refractivity contribution in [1.82, 2.24) is 5.32 Å². The van der Waals surface area contributed by atoms with E-state index in [1.165, 1.54) is 32.4 Å². The quantitative estimate of drug-likeness (QED) is 0.842. The Hall–Kier alpha value is -2.47. The first kappa shape index (κ1) is 17.4. The van der Waals surface area contributed by atoms with Crippen LogP contribution in [0.15, 0.2) is 42.5 Å². The predicted molar refractivity (Wildman–Crippen MR) is 89.7 cm³/mol. The number of benzene rings is 2. The van der Waals surface area contributed by atoms with Gasteiger partial charge >= 0.3 is 5.92 Å². The second kappa shape index (κ2) is 6.80. The summed E-state index contributed by atoms with van der Waals surface area (Å²) in [5.41, 5.74) is 1.07. The molecule has 2 aromatic rings. The van der Waals surface area contributed by atoms with Crippen molar-refractivity contribution in [3.63, 3.8) is 0 Å². The monoisotopic (exact) mass is 347 g/mol. The SMILES string of the molecule is COc1cc2c(cc1OC)C(C(F)(F)C(=O)c1ccccc1)NCC2. The number of halogens is 2. The molecule has 0 amide bonds. The van der Waals surface area contributed by atoms with Crippen molar-refractivity contribution in [2.45, 2.75) is 18.4 Å². The van der Waals surface area contributed by atoms with E-state index >= 15 is 8.78 Å². The van der Waals surface area contributed by atoms with E-state index in [1.807, 2.05) is 0 Å². The summed E-state index contributed by atoms with van der Waals surface area (Å²) in [6.45, 7) is 0.352. The first-order chi connectivity index (χ1) is 12.0. The number of hydrogen-bond donors (Lipinski definition) is 1. The highest BCUT2D eigenvalue weighted by molar-refractivity contribution is 6.02. The van der Waals surface area contributed by atoms with Crippen molar-refractivity contribution in [1.29, 1.82) is 0 Å². The molecule has 3 rings (SSSR count). The van der Waals surface area contributed by atoms with Crippen LogP contribution in [0.1, 0.15) is 27.5 Å². The Kier molecular flexibility index (Phi) is 4.72. The standard InChI is InChI=1S/C19H19F2NO3/c1-24-15-10-13-8-9-22-17(14(13)11-16(15)25-2)19(20,21)18(23)12-6-4-3-5-7-12/h3-7,10-11,17,22H,8-9H2,1-2H3. The summed E-state index contributed by atoms with van der Waals surface area (Å²) in [6.07, 6.45) is 0.571. The number of carbonyl (C=O) groups is 1. The van der Waals surface area contributed by atoms with Crippen molar-refractivity contribution in [3.05, 3.63) is 59.2 Å². The van der Waals surface area contributed by atoms with E-state index in [4.69, 9.17) is 9.47 Å². The molecule has 1 aliphatic heterocycles. The van der Waals surface area contributed by atoms with E-state index in [0.717, 1.165) is 5.56 Å². The minimum atomic E-state index is -3.59. The van der Waals surface area contributed by atoms with E-state index < -0.39 is 17.7 Å². The largest absolute Gasteiger partial charge is 0.493 e. The van der Waals surface area contributed by atoms with Gasteiger partial charge in [0.15, 0.2) is 11.5 Å². The molecule has 1 atom stereocenters. The number of rotatable bonds is 5. The Morgan fingerprint density at radius 3 is 2.40 bits per heavy atom. The van der Waals surface area contributed by atoms with Gasteiger partial charge in [-0.05, 0) is 36.2 Å². The number of nitrogens with one attached hydrogen (secondary N) is 1. The van der Waals surface area contributed by atoms with Crippen LogP contribution in [-0.4, -0.2) is 32.5 Å². The Morgan fingerprint density at radius 1 is 1.12 bits per heavy atom. The number of hydrogen-bond acceptors (Lipinski definition) is 4. The number of carbonyl (C=O) groups excluding carboxylic acids is 1. The third-order valence-electron chi connectivity index (χ3n) is 4.40. The van der Waals surface area contributed by atoms with Gasteiger partial charge in [0, 0.05) is 5.56 Å². The molecule has 1 heterocycles. The number of ketones is 1. The zero-order chi connectivity index (χ0) is 18.0. The van der Waals surface area contributed by atoms with Crippen molar-refractivity contribution < 1.29 is 23.0 Å². The van der Waals surface area contributed by atoms with Gasteiger partial charge in [-0.2, -0.15) is 8.78 Å². The van der Waals surface area contributed by atoms with E-state index in [2.05, 4.69) is 5.32 Å². The summed E-state index contributed by atoms with van der Waals surface area (Å²) in [4.78, 5) is 12.4. The summed E-state index contributed by atoms with van der Waals surface area (Å²) < 4.78 is 40.5. The lowest BCUT2D eigenvalue weighted by atomic mass is 9.87. The molecule has 0 fully saturated rings. The fourth-order valence-corrected chi connectivity index (χ4v) is 3.12. The lowest BCUT2D eigenvalue weighted by molar-refractivity contribution is -0.0178. The second-order valence-corrected chi connectivity index (χ2v) is 5.86. The molecule has 1 aliphatic rings. The number of methoxy groups -OCH3 is 2. The molecular weight excluding hydrogens is 328 g/mol. The van der Waals surface area contributed by atoms with Gasteiger partial charge in [0.05, 0.1) is 14.2 Å². The minimum Gasteiger partial charge on any atom is -0.493 e. The molecule has 25 heavy (non-hydrogen) atoms. The van der Waals surface area contributed by atoms with Crippen LogP contribution in [0.5, 0.6) is 11.5 Å². The van der Waals surface area contributed by atoms with Crippen LogP contribution in [-0.2, 0) is 6.42 Å². The Labute approximate surface area is 144 Å². The van der Waals surface area contributed by atoms with Gasteiger partial charge in [0.25, 0.3) is 0 Å². The average molecular weight is 347 g/mol. The zero-order valence-corrected chi connectivity index (χ0v) is 14.0. The van der Waals surface area contributed by atoms with Crippen molar-refractivity contribution in [3.8, 4) is 11.5 Å². The summed E-state index contributed by atoms with van der Waals surface area (Å²) in [5.74, 6) is -3.94. The van der Waals surface area contributed by atoms with E-state index in [-0.39, 0.29) is 5.56 Å². The van der Waals surface area contributed by atoms with Crippen molar-refractivity contribution >= 4 is 5.78 Å². The first-order valence-corrected chi connectivity index (χ1v) is 7.95. The van der Waals surface area contributed by atoms with Crippen molar-refractivity contribution in [2.75, 3.05) is 20.8 Å². The van der Waals surface area contributed by atoms with Gasteiger partial charge in [-0.15, -0.1) is 0 Å². The highest BCUT2D eigenvalue weighted by atomic mass is 19.3. The number of fused-ring (bicyclic) bond motifs is 1. The minimum absolute atomic E-state index is 0.0121. The maximum Gasteiger partial charge on any atom is 0.328 e. The molecule has 4 nitrogen and oxygen atoms in total. The number of alkyl halides is 2. The lowest BCUT2D eigenvalue weighted by Gasteiger charge is -2.33. The van der Waals surface area contributed by atoms with Gasteiger partial charge in [0.2, 0.25) is 5.78 Å². The molecule has 6 heteroatoms. The van der Waals surface area contributed by atoms with E-state index in [9.17, 15) is 4.79 Å². The molecule has 1 unspecified atom stereocenters. The lowest BCUT2D eigenvalue weighted by Crippen LogP contribution is -2.46. The van der Waals surface area contributed by atoms with Crippen LogP contribution < -0.4 is 14.8 Å². The average Bonchev–Trinajstić information content (AvgIpc) is 2.66. The molecule has 0 aliphatic carbocycles. The maximum absolute atomic E-state index is 15.0. The van der Waals surface area contributed by atoms with Gasteiger partial charge in [-0.1, -0.05) is 30.3 Å². The zero-order valence-electron chi connectivity index (χ0n) is 14.0. The number of ether oxygens (including phenoxy) is 2. The third-order valence-corrected chi connectivity index (χ3v) is 4.40. The van der Waals surface area contributed by atoms with Gasteiger partial charge in [-0.25, -0.2) is 0 Å². The molecule has 0 radical (unpaired) electrons. The summed E-state index contributed by atoms with van der Waals surface area (Å²) >= 11 is 0. The van der Waals surface area contributed by atoms with E-state index in [0.29, 0.717) is 30.0 Å². The fraction of sp³-hybridized carbons (Fsp3) is 0.316. The van der Waals surface area contributed by atoms with Gasteiger partial charge in [0.1, 0.15) is 6.04 Å². The maximum atomic E-state index is 15.0. The molecule has 132 valence electrons. The molecule has 0 saturated heterocycles. The van der Waals surface area contributed by atoms with Crippen LogP contribution in [0, 0.1) is 0 Å². The molecule has 0 aromatic heterocycles. The van der Waals surface area contributed by atoms with Gasteiger partial charge < -0.3 is 14.8 Å². The molecule has 0 saturated carbocycles. The van der Waals surface area contributed by atoms with Crippen LogP contribution in [0.2, 0.25) is 0 Å². The Bertz CT molecular complexity index is 778. The highest BCUT2D eigenvalue weighted by Crippen LogP contribution is 2.42. The van der Waals surface area contributed by atoms with Crippen molar-refractivity contribution in [2.24, 2.45) is 0 Å². The Balaban J connectivity index is 2.03. The summed E-state index contributed by atoms with van der Waals surface area (Å²) in [6, 6.07) is 9.42. The molecule has 1 N–H and O–H groups in total. The molecule has 2 aromatic carbocycles. The third kappa shape index (κ3) is 3.09. The van der Waals surface area contributed by atoms with E-state index in [1.54, 1.807) is 24.3 Å². The van der Waals surface area contributed by atoms with Crippen LogP contribution in [0.3, 0.4) is 0 Å². The normalized spacial score (nSPS) is 16.9. The fourth-order valence-electron chi connectivity index (χ4n) is 3.12. The predicted octanol–water partition coefficient (Wildman–Crippen LogP) is 3.41. The first-order valence-electron chi connectivity index (χ1n) is 7.95. The van der Waals surface area contributed by atoms with Crippen LogP contribution in [0.4, 0.5) is 8.78 Å². The van der Waals surface area contributed by atoms with Gasteiger partial charge in [-0.3, -0.25) is 4.79 Å². The topological polar surface area (TPSA) is 47.6 Å². The summed E-state index contributed by atoms with van der Waals surface area (Å²) in [7, 11) is 2.94. The molecule has 0 bridgehead atoms. The highest BCUT2D eigenvalue weighted by Gasteiger charge is 2.49. The smallest absolute Gasteiger partial charge is 0.328 e. The molecular formula is C19H19F2NO3. The summed E-state index contributed by atoms with van der Waals surface area (Å²) in [5, 5.41) is 2.79. The second-order valence-electron chi connectivity index (χ2n) is 5.86. The number of Topliss-reactive ketones (excluding diaryl/α,β-unsaturated/α-hetero) is 1.